The summed E-state index contributed by atoms with van der Waals surface area (Å²) in [4.78, 5) is 0. The zero-order valence-electron chi connectivity index (χ0n) is 8.64. The number of nitriles is 1. The molecule has 0 aliphatic carbocycles. The fraction of sp³-hybridized carbons (Fsp3) is 0.250. The SMILES string of the molecule is CC/C(C#N)=C(/Cl)c1cccc(C)c1Cl. The van der Waals surface area contributed by atoms with Crippen molar-refractivity contribution >= 4 is 28.2 Å². The van der Waals surface area contributed by atoms with Gasteiger partial charge in [-0.25, -0.2) is 0 Å². The first-order chi connectivity index (χ1) is 7.11. The van der Waals surface area contributed by atoms with Gasteiger partial charge in [0.2, 0.25) is 0 Å². The maximum Gasteiger partial charge on any atom is 0.0962 e. The van der Waals surface area contributed by atoms with Gasteiger partial charge >= 0.3 is 0 Å². The normalized spacial score (nSPS) is 11.9. The Balaban J connectivity index is 3.35. The van der Waals surface area contributed by atoms with Gasteiger partial charge in [0.25, 0.3) is 0 Å². The summed E-state index contributed by atoms with van der Waals surface area (Å²) < 4.78 is 0. The van der Waals surface area contributed by atoms with E-state index in [9.17, 15) is 0 Å². The summed E-state index contributed by atoms with van der Waals surface area (Å²) in [6.07, 6.45) is 0.611. The summed E-state index contributed by atoms with van der Waals surface area (Å²) in [5.41, 5.74) is 2.25. The van der Waals surface area contributed by atoms with Crippen LogP contribution >= 0.6 is 23.2 Å². The number of nitrogens with zero attached hydrogens (tertiary/aromatic N) is 1. The van der Waals surface area contributed by atoms with E-state index in [-0.39, 0.29) is 0 Å². The highest BCUT2D eigenvalue weighted by molar-refractivity contribution is 6.51. The standard InChI is InChI=1S/C12H11Cl2N/c1-3-9(7-15)12(14)10-6-4-5-8(2)11(10)13/h4-6H,3H2,1-2H3/b12-9-. The summed E-state index contributed by atoms with van der Waals surface area (Å²) in [6, 6.07) is 7.70. The Hall–Kier alpha value is -0.970. The number of hydrogen-bond acceptors (Lipinski definition) is 1. The minimum Gasteiger partial charge on any atom is -0.193 e. The molecule has 0 saturated heterocycles. The third-order valence-electron chi connectivity index (χ3n) is 2.18. The Morgan fingerprint density at radius 3 is 2.67 bits per heavy atom. The maximum atomic E-state index is 8.88. The lowest BCUT2D eigenvalue weighted by atomic mass is 10.1. The van der Waals surface area contributed by atoms with Gasteiger partial charge in [-0.3, -0.25) is 0 Å². The van der Waals surface area contributed by atoms with Crippen LogP contribution in [0, 0.1) is 18.3 Å². The smallest absolute Gasteiger partial charge is 0.0962 e. The first-order valence-corrected chi connectivity index (χ1v) is 5.41. The number of benzene rings is 1. The van der Waals surface area contributed by atoms with Gasteiger partial charge in [-0.15, -0.1) is 0 Å². The summed E-state index contributed by atoms with van der Waals surface area (Å²) in [6.45, 7) is 3.80. The largest absolute Gasteiger partial charge is 0.193 e. The van der Waals surface area contributed by atoms with E-state index in [1.54, 1.807) is 0 Å². The quantitative estimate of drug-likeness (QED) is 0.696. The number of hydrogen-bond donors (Lipinski definition) is 0. The van der Waals surface area contributed by atoms with Crippen molar-refractivity contribution in [1.82, 2.24) is 0 Å². The summed E-state index contributed by atoms with van der Waals surface area (Å²) in [5.74, 6) is 0. The molecule has 78 valence electrons. The highest BCUT2D eigenvalue weighted by Gasteiger charge is 2.10. The predicted molar refractivity (Wildman–Crippen MR) is 64.9 cm³/mol. The highest BCUT2D eigenvalue weighted by atomic mass is 35.5. The molecule has 0 aromatic heterocycles. The molecule has 0 saturated carbocycles. The number of aryl methyl sites for hydroxylation is 1. The van der Waals surface area contributed by atoms with Crippen molar-refractivity contribution in [3.05, 3.63) is 39.9 Å². The fourth-order valence-electron chi connectivity index (χ4n) is 1.26. The Morgan fingerprint density at radius 1 is 1.47 bits per heavy atom. The summed E-state index contributed by atoms with van der Waals surface area (Å²) in [5, 5.41) is 9.95. The van der Waals surface area contributed by atoms with Gasteiger partial charge in [-0.2, -0.15) is 5.26 Å². The second-order valence-electron chi connectivity index (χ2n) is 3.19. The van der Waals surface area contributed by atoms with Crippen molar-refractivity contribution in [2.75, 3.05) is 0 Å². The third kappa shape index (κ3) is 2.53. The van der Waals surface area contributed by atoms with Crippen LogP contribution in [-0.4, -0.2) is 0 Å². The van der Waals surface area contributed by atoms with E-state index < -0.39 is 0 Å². The Bertz CT molecular complexity index is 441. The number of allylic oxidation sites excluding steroid dienone is 1. The van der Waals surface area contributed by atoms with Crippen LogP contribution < -0.4 is 0 Å². The van der Waals surface area contributed by atoms with Crippen LogP contribution in [0.5, 0.6) is 0 Å². The molecule has 0 atom stereocenters. The molecule has 0 aliphatic rings. The molecule has 15 heavy (non-hydrogen) atoms. The van der Waals surface area contributed by atoms with E-state index in [2.05, 4.69) is 6.07 Å². The van der Waals surface area contributed by atoms with Crippen LogP contribution in [0.1, 0.15) is 24.5 Å². The molecule has 0 spiro atoms. The van der Waals surface area contributed by atoms with E-state index in [0.717, 1.165) is 11.1 Å². The average molecular weight is 240 g/mol. The van der Waals surface area contributed by atoms with Crippen LogP contribution in [0.15, 0.2) is 23.8 Å². The molecular formula is C12H11Cl2N. The second kappa shape index (κ2) is 5.21. The zero-order valence-corrected chi connectivity index (χ0v) is 10.2. The van der Waals surface area contributed by atoms with Crippen LogP contribution in [0.3, 0.4) is 0 Å². The highest BCUT2D eigenvalue weighted by Crippen LogP contribution is 2.32. The van der Waals surface area contributed by atoms with Crippen LogP contribution in [0.2, 0.25) is 5.02 Å². The van der Waals surface area contributed by atoms with E-state index in [4.69, 9.17) is 28.5 Å². The topological polar surface area (TPSA) is 23.8 Å². The zero-order chi connectivity index (χ0) is 11.4. The number of halogens is 2. The van der Waals surface area contributed by atoms with E-state index >= 15 is 0 Å². The molecule has 0 N–H and O–H groups in total. The first-order valence-electron chi connectivity index (χ1n) is 4.66. The maximum absolute atomic E-state index is 8.88. The number of rotatable bonds is 2. The molecule has 3 heteroatoms. The Labute approximate surface area is 99.9 Å². The lowest BCUT2D eigenvalue weighted by Crippen LogP contribution is -1.87. The molecule has 0 amide bonds. The van der Waals surface area contributed by atoms with Gasteiger partial charge in [-0.1, -0.05) is 48.3 Å². The van der Waals surface area contributed by atoms with Crippen molar-refractivity contribution in [2.24, 2.45) is 0 Å². The van der Waals surface area contributed by atoms with Crippen molar-refractivity contribution in [3.8, 4) is 6.07 Å². The summed E-state index contributed by atoms with van der Waals surface area (Å²) in [7, 11) is 0. The van der Waals surface area contributed by atoms with Crippen LogP contribution in [0.4, 0.5) is 0 Å². The first kappa shape index (κ1) is 12.1. The van der Waals surface area contributed by atoms with E-state index in [0.29, 0.717) is 22.0 Å². The van der Waals surface area contributed by atoms with Gasteiger partial charge in [0.15, 0.2) is 0 Å². The lowest BCUT2D eigenvalue weighted by Gasteiger charge is -2.06. The second-order valence-corrected chi connectivity index (χ2v) is 3.95. The van der Waals surface area contributed by atoms with Crippen molar-refractivity contribution in [2.45, 2.75) is 20.3 Å². The van der Waals surface area contributed by atoms with Gasteiger partial charge in [0, 0.05) is 11.1 Å². The van der Waals surface area contributed by atoms with E-state index in [1.807, 2.05) is 32.0 Å². The lowest BCUT2D eigenvalue weighted by molar-refractivity contribution is 1.16. The molecule has 0 fully saturated rings. The monoisotopic (exact) mass is 239 g/mol. The minimum absolute atomic E-state index is 0.453. The van der Waals surface area contributed by atoms with Gasteiger partial charge in [0.1, 0.15) is 0 Å². The molecule has 1 aromatic rings. The molecular weight excluding hydrogens is 229 g/mol. The molecule has 1 nitrogen and oxygen atoms in total. The third-order valence-corrected chi connectivity index (χ3v) is 3.12. The molecule has 0 radical (unpaired) electrons. The van der Waals surface area contributed by atoms with Crippen LogP contribution in [-0.2, 0) is 0 Å². The summed E-state index contributed by atoms with van der Waals surface area (Å²) >= 11 is 12.2. The molecule has 1 rings (SSSR count). The molecule has 0 bridgehead atoms. The fourth-order valence-corrected chi connectivity index (χ4v) is 1.87. The Kier molecular flexibility index (Phi) is 4.20. The Morgan fingerprint density at radius 2 is 2.13 bits per heavy atom. The minimum atomic E-state index is 0.453. The van der Waals surface area contributed by atoms with Gasteiger partial charge in [-0.05, 0) is 18.9 Å². The predicted octanol–water partition coefficient (Wildman–Crippen LogP) is 4.53. The van der Waals surface area contributed by atoms with Crippen molar-refractivity contribution in [3.63, 3.8) is 0 Å². The van der Waals surface area contributed by atoms with Gasteiger partial charge < -0.3 is 0 Å². The van der Waals surface area contributed by atoms with Crippen LogP contribution in [0.25, 0.3) is 5.03 Å². The molecule has 0 aliphatic heterocycles. The molecule has 0 heterocycles. The van der Waals surface area contributed by atoms with Gasteiger partial charge in [0.05, 0.1) is 16.1 Å². The van der Waals surface area contributed by atoms with Crippen molar-refractivity contribution < 1.29 is 0 Å². The molecule has 1 aromatic carbocycles. The molecule has 0 unspecified atom stereocenters. The average Bonchev–Trinajstić information content (AvgIpc) is 2.23. The van der Waals surface area contributed by atoms with E-state index in [1.165, 1.54) is 0 Å². The van der Waals surface area contributed by atoms with Crippen molar-refractivity contribution in [1.29, 1.82) is 5.26 Å².